The molecule has 0 aliphatic heterocycles. The molecule has 0 fully saturated rings. The fourth-order valence-corrected chi connectivity index (χ4v) is 4.46. The molecule has 5 nitrogen and oxygen atoms in total. The Balaban J connectivity index is 1.93. The Hall–Kier alpha value is -2.90. The maximum atomic E-state index is 13.2. The first-order chi connectivity index (χ1) is 14.1. The van der Waals surface area contributed by atoms with Crippen molar-refractivity contribution in [3.63, 3.8) is 0 Å². The van der Waals surface area contributed by atoms with Crippen molar-refractivity contribution in [2.45, 2.75) is 18.7 Å². The van der Waals surface area contributed by atoms with Crippen LogP contribution in [0.5, 0.6) is 0 Å². The Morgan fingerprint density at radius 1 is 0.967 bits per heavy atom. The van der Waals surface area contributed by atoms with Gasteiger partial charge in [-0.1, -0.05) is 17.7 Å². The highest BCUT2D eigenvalue weighted by Gasteiger charge is 2.24. The summed E-state index contributed by atoms with van der Waals surface area (Å²) in [5.41, 5.74) is 2.87. The molecule has 1 N–H and O–H groups in total. The van der Waals surface area contributed by atoms with Crippen molar-refractivity contribution in [2.75, 3.05) is 16.7 Å². The number of carbonyl (C=O) groups excluding carboxylic acids is 1. The SMILES string of the molecule is Cc1cc(C)cc(NC(=O)c2cc(S(=O)(=O)N(C)c3ccc(F)cc3)ccc2Cl)c1. The standard InChI is InChI=1S/C22H20ClFN2O3S/c1-14-10-15(2)12-17(11-14)25-22(27)20-13-19(8-9-21(20)23)30(28,29)26(3)18-6-4-16(24)5-7-18/h4-13H,1-3H3,(H,25,27). The molecule has 3 aromatic rings. The normalized spacial score (nSPS) is 11.2. The summed E-state index contributed by atoms with van der Waals surface area (Å²) in [4.78, 5) is 12.7. The third kappa shape index (κ3) is 4.63. The Morgan fingerprint density at radius 3 is 2.17 bits per heavy atom. The van der Waals surface area contributed by atoms with Crippen molar-refractivity contribution in [3.8, 4) is 0 Å². The molecule has 0 heterocycles. The van der Waals surface area contributed by atoms with Crippen LogP contribution in [0.4, 0.5) is 15.8 Å². The van der Waals surface area contributed by atoms with Gasteiger partial charge >= 0.3 is 0 Å². The van der Waals surface area contributed by atoms with E-state index in [0.717, 1.165) is 15.4 Å². The lowest BCUT2D eigenvalue weighted by molar-refractivity contribution is 0.102. The van der Waals surface area contributed by atoms with Gasteiger partial charge in [-0.15, -0.1) is 0 Å². The first-order valence-corrected chi connectivity index (χ1v) is 10.8. The summed E-state index contributed by atoms with van der Waals surface area (Å²) in [6.45, 7) is 3.82. The van der Waals surface area contributed by atoms with Crippen LogP contribution in [0, 0.1) is 19.7 Å². The van der Waals surface area contributed by atoms with Gasteiger partial charge in [-0.3, -0.25) is 9.10 Å². The van der Waals surface area contributed by atoms with Gasteiger partial charge in [0.1, 0.15) is 5.82 Å². The molecule has 1 amide bonds. The Labute approximate surface area is 180 Å². The molecule has 3 aromatic carbocycles. The quantitative estimate of drug-likeness (QED) is 0.587. The lowest BCUT2D eigenvalue weighted by Crippen LogP contribution is -2.27. The number of nitrogens with zero attached hydrogens (tertiary/aromatic N) is 1. The van der Waals surface area contributed by atoms with Crippen LogP contribution in [-0.2, 0) is 10.0 Å². The maximum absolute atomic E-state index is 13.2. The fraction of sp³-hybridized carbons (Fsp3) is 0.136. The predicted molar refractivity (Wildman–Crippen MR) is 117 cm³/mol. The van der Waals surface area contributed by atoms with E-state index in [1.54, 1.807) is 0 Å². The fourth-order valence-electron chi connectivity index (χ4n) is 3.03. The Bertz CT molecular complexity index is 1190. The highest BCUT2D eigenvalue weighted by molar-refractivity contribution is 7.92. The van der Waals surface area contributed by atoms with Gasteiger partial charge in [0.15, 0.2) is 0 Å². The van der Waals surface area contributed by atoms with E-state index in [1.807, 2.05) is 32.0 Å². The highest BCUT2D eigenvalue weighted by Crippen LogP contribution is 2.27. The van der Waals surface area contributed by atoms with Crippen LogP contribution < -0.4 is 9.62 Å². The molecule has 30 heavy (non-hydrogen) atoms. The summed E-state index contributed by atoms with van der Waals surface area (Å²) >= 11 is 6.17. The number of anilines is 2. The van der Waals surface area contributed by atoms with Crippen molar-refractivity contribution >= 4 is 38.9 Å². The average molecular weight is 447 g/mol. The second-order valence-electron chi connectivity index (χ2n) is 6.92. The number of hydrogen-bond acceptors (Lipinski definition) is 3. The van der Waals surface area contributed by atoms with E-state index in [1.165, 1.54) is 49.5 Å². The van der Waals surface area contributed by atoms with Gasteiger partial charge < -0.3 is 5.32 Å². The van der Waals surface area contributed by atoms with E-state index in [-0.39, 0.29) is 21.2 Å². The summed E-state index contributed by atoms with van der Waals surface area (Å²) in [6.07, 6.45) is 0. The molecule has 3 rings (SSSR count). The Morgan fingerprint density at radius 2 is 1.57 bits per heavy atom. The zero-order valence-corrected chi connectivity index (χ0v) is 18.2. The summed E-state index contributed by atoms with van der Waals surface area (Å²) < 4.78 is 40.2. The number of amides is 1. The molecule has 0 saturated carbocycles. The molecule has 0 spiro atoms. The summed E-state index contributed by atoms with van der Waals surface area (Å²) in [6, 6.07) is 14.6. The largest absolute Gasteiger partial charge is 0.322 e. The molecule has 0 atom stereocenters. The molecule has 156 valence electrons. The van der Waals surface area contributed by atoms with E-state index in [0.29, 0.717) is 5.69 Å². The first-order valence-electron chi connectivity index (χ1n) is 9.01. The maximum Gasteiger partial charge on any atom is 0.264 e. The summed E-state index contributed by atoms with van der Waals surface area (Å²) in [5, 5.41) is 2.88. The van der Waals surface area contributed by atoms with Gasteiger partial charge in [-0.2, -0.15) is 0 Å². The number of sulfonamides is 1. The van der Waals surface area contributed by atoms with Crippen LogP contribution in [0.1, 0.15) is 21.5 Å². The van der Waals surface area contributed by atoms with Crippen LogP contribution in [0.25, 0.3) is 0 Å². The van der Waals surface area contributed by atoms with Gasteiger partial charge in [-0.05, 0) is 79.6 Å². The molecule has 0 aliphatic carbocycles. The number of rotatable bonds is 5. The third-order valence-electron chi connectivity index (χ3n) is 4.51. The van der Waals surface area contributed by atoms with Gasteiger partial charge in [0, 0.05) is 12.7 Å². The zero-order valence-electron chi connectivity index (χ0n) is 16.6. The first kappa shape index (κ1) is 21.8. The van der Waals surface area contributed by atoms with Crippen LogP contribution in [0.3, 0.4) is 0 Å². The predicted octanol–water partition coefficient (Wildman–Crippen LogP) is 5.17. The van der Waals surface area contributed by atoms with Gasteiger partial charge in [0.05, 0.1) is 21.2 Å². The van der Waals surface area contributed by atoms with Crippen LogP contribution in [-0.4, -0.2) is 21.4 Å². The van der Waals surface area contributed by atoms with Gasteiger partial charge in [0.25, 0.3) is 15.9 Å². The minimum absolute atomic E-state index is 0.0319. The molecule has 8 heteroatoms. The van der Waals surface area contributed by atoms with Crippen LogP contribution in [0.15, 0.2) is 65.6 Å². The second kappa shape index (κ2) is 8.45. The number of aryl methyl sites for hydroxylation is 2. The molecule has 0 aromatic heterocycles. The molecule has 0 aliphatic rings. The van der Waals surface area contributed by atoms with Crippen LogP contribution >= 0.6 is 11.6 Å². The highest BCUT2D eigenvalue weighted by atomic mass is 35.5. The number of hydrogen-bond donors (Lipinski definition) is 1. The number of halogens is 2. The number of benzene rings is 3. The molecule has 0 unspecified atom stereocenters. The average Bonchev–Trinajstić information content (AvgIpc) is 2.67. The molecule has 0 saturated heterocycles. The lowest BCUT2D eigenvalue weighted by Gasteiger charge is -2.20. The van der Waals surface area contributed by atoms with Gasteiger partial charge in [-0.25, -0.2) is 12.8 Å². The minimum atomic E-state index is -3.99. The number of nitrogens with one attached hydrogen (secondary N) is 1. The van der Waals surface area contributed by atoms with Crippen molar-refractivity contribution in [2.24, 2.45) is 0 Å². The Kier molecular flexibility index (Phi) is 6.14. The summed E-state index contributed by atoms with van der Waals surface area (Å²) in [7, 11) is -2.64. The van der Waals surface area contributed by atoms with E-state index < -0.39 is 21.7 Å². The van der Waals surface area contributed by atoms with Crippen LogP contribution in [0.2, 0.25) is 5.02 Å². The van der Waals surface area contributed by atoms with E-state index in [9.17, 15) is 17.6 Å². The zero-order chi connectivity index (χ0) is 22.1. The lowest BCUT2D eigenvalue weighted by atomic mass is 10.1. The van der Waals surface area contributed by atoms with Crippen molar-refractivity contribution in [1.82, 2.24) is 0 Å². The molecule has 0 bridgehead atoms. The topological polar surface area (TPSA) is 66.5 Å². The number of carbonyl (C=O) groups is 1. The summed E-state index contributed by atoms with van der Waals surface area (Å²) in [5.74, 6) is -0.993. The third-order valence-corrected chi connectivity index (χ3v) is 6.62. The molecule has 0 radical (unpaired) electrons. The second-order valence-corrected chi connectivity index (χ2v) is 9.30. The van der Waals surface area contributed by atoms with Gasteiger partial charge in [0.2, 0.25) is 0 Å². The smallest absolute Gasteiger partial charge is 0.264 e. The van der Waals surface area contributed by atoms with E-state index in [4.69, 9.17) is 11.6 Å². The minimum Gasteiger partial charge on any atom is -0.322 e. The molecular formula is C22H20ClFN2O3S. The van der Waals surface area contributed by atoms with E-state index >= 15 is 0 Å². The van der Waals surface area contributed by atoms with E-state index in [2.05, 4.69) is 5.32 Å². The molecular weight excluding hydrogens is 427 g/mol. The van der Waals surface area contributed by atoms with Crippen molar-refractivity contribution < 1.29 is 17.6 Å². The van der Waals surface area contributed by atoms with Crippen molar-refractivity contribution in [3.05, 3.63) is 88.2 Å². The van der Waals surface area contributed by atoms with Crippen molar-refractivity contribution in [1.29, 1.82) is 0 Å². The monoisotopic (exact) mass is 446 g/mol.